The van der Waals surface area contributed by atoms with Crippen LogP contribution < -0.4 is 37.3 Å². The molecule has 26 heteroatoms. The molecule has 0 atom stereocenters. The Morgan fingerprint density at radius 2 is 0.597 bits per heavy atom. The Labute approximate surface area is 392 Å². The Bertz CT molecular complexity index is 1310. The van der Waals surface area contributed by atoms with Crippen LogP contribution in [0.2, 0.25) is 0 Å². The number of pyridine rings is 2. The van der Waals surface area contributed by atoms with Crippen molar-refractivity contribution in [3.05, 3.63) is 91.1 Å². The van der Waals surface area contributed by atoms with Crippen LogP contribution in [0.1, 0.15) is 78.2 Å². The molecule has 0 amide bonds. The molecule has 2 aliphatic rings. The second kappa shape index (κ2) is 36.2. The van der Waals surface area contributed by atoms with Gasteiger partial charge in [0.25, 0.3) is 0 Å². The van der Waals surface area contributed by atoms with Crippen molar-refractivity contribution in [1.29, 1.82) is 0 Å². The number of halogens is 2. The molecule has 4 rings (SSSR count). The maximum absolute atomic E-state index is 8.49. The summed E-state index contributed by atoms with van der Waals surface area (Å²) in [6.07, 6.45) is 0. The Kier molecular flexibility index (Phi) is 38.9. The summed E-state index contributed by atoms with van der Waals surface area (Å²) in [7, 11) is -5.42. The van der Waals surface area contributed by atoms with Crippen molar-refractivity contribution in [1.82, 2.24) is 39.4 Å². The van der Waals surface area contributed by atoms with Gasteiger partial charge in [0.15, 0.2) is 0 Å². The average Bonchev–Trinajstić information content (AvgIpc) is 3.10. The Morgan fingerprint density at radius 1 is 0.435 bits per heavy atom. The maximum atomic E-state index is 8.49. The molecule has 362 valence electrons. The van der Waals surface area contributed by atoms with E-state index in [1.165, 1.54) is 32.6 Å². The van der Waals surface area contributed by atoms with Gasteiger partial charge < -0.3 is 31.9 Å². The van der Waals surface area contributed by atoms with Gasteiger partial charge in [0.1, 0.15) is 0 Å². The first-order chi connectivity index (χ1) is 27.7. The summed E-state index contributed by atoms with van der Waals surface area (Å²) in [6, 6.07) is 15.2. The fourth-order valence-corrected chi connectivity index (χ4v) is 5.74. The van der Waals surface area contributed by atoms with Crippen LogP contribution in [-0.2, 0) is 60.3 Å². The molecule has 0 N–H and O–H groups in total. The molecule has 2 aromatic rings. The first-order valence-corrected chi connectivity index (χ1v) is 21.6. The molecule has 62 heavy (non-hydrogen) atoms. The van der Waals surface area contributed by atoms with Crippen LogP contribution >= 0.6 is 0 Å². The number of hydrogen-bond acceptors (Lipinski definition) is 16. The number of aromatic nitrogens is 2. The van der Waals surface area contributed by atoms with Crippen molar-refractivity contribution in [3.8, 4) is 0 Å². The largest absolute Gasteiger partial charge is 2.00 e. The third-order valence-electron chi connectivity index (χ3n) is 9.19. The molecule has 2 aromatic heterocycles. The van der Waals surface area contributed by atoms with Gasteiger partial charge in [0.05, 0.1) is 22.8 Å². The van der Waals surface area contributed by atoms with Gasteiger partial charge in [-0.05, 0) is 93.8 Å². The van der Waals surface area contributed by atoms with Crippen molar-refractivity contribution in [2.45, 2.75) is 106 Å². The molecular formula is C36H64Cl2Cu2N14O8. The van der Waals surface area contributed by atoms with Crippen LogP contribution in [0, 0.1) is 20.5 Å². The third-order valence-corrected chi connectivity index (χ3v) is 9.19. The minimum atomic E-state index is -4.94. The van der Waals surface area contributed by atoms with Gasteiger partial charge in [-0.15, -0.1) is 20.5 Å². The van der Waals surface area contributed by atoms with E-state index in [0.717, 1.165) is 78.5 Å². The van der Waals surface area contributed by atoms with Crippen molar-refractivity contribution >= 4 is 0 Å². The molecule has 0 saturated carbocycles. The van der Waals surface area contributed by atoms with Gasteiger partial charge in [0.2, 0.25) is 0 Å². The van der Waals surface area contributed by atoms with Crippen molar-refractivity contribution < 1.29 is 91.9 Å². The van der Waals surface area contributed by atoms with Gasteiger partial charge >= 0.3 is 34.1 Å². The fourth-order valence-electron chi connectivity index (χ4n) is 5.74. The minimum Gasteiger partial charge on any atom is -0.373 e. The predicted octanol–water partition coefficient (Wildman–Crippen LogP) is -2.89. The van der Waals surface area contributed by atoms with Crippen LogP contribution in [0.15, 0.2) is 36.4 Å². The smallest absolute Gasteiger partial charge is 0.373 e. The van der Waals surface area contributed by atoms with E-state index in [1.54, 1.807) is 0 Å². The summed E-state index contributed by atoms with van der Waals surface area (Å²) in [6.45, 7) is 30.8. The molecule has 0 fully saturated rings. The number of rotatable bonds is 4. The van der Waals surface area contributed by atoms with E-state index in [4.69, 9.17) is 69.4 Å². The van der Waals surface area contributed by atoms with Crippen molar-refractivity contribution in [3.63, 3.8) is 0 Å². The van der Waals surface area contributed by atoms with Crippen LogP contribution in [0.3, 0.4) is 0 Å². The van der Waals surface area contributed by atoms with Crippen LogP contribution in [0.4, 0.5) is 0 Å². The fraction of sp³-hybridized carbons (Fsp3) is 0.722. The topological polar surface area (TPSA) is 347 Å². The van der Waals surface area contributed by atoms with Gasteiger partial charge in [0, 0.05) is 103 Å². The molecule has 4 heterocycles. The molecule has 22 nitrogen and oxygen atoms in total. The van der Waals surface area contributed by atoms with E-state index in [2.05, 4.69) is 135 Å². The summed E-state index contributed by atoms with van der Waals surface area (Å²) in [4.78, 5) is 27.8. The predicted molar refractivity (Wildman–Crippen MR) is 206 cm³/mol. The zero-order valence-electron chi connectivity index (χ0n) is 37.1. The van der Waals surface area contributed by atoms with Gasteiger partial charge in [-0.2, -0.15) is 0 Å². The zero-order valence-corrected chi connectivity index (χ0v) is 40.5. The molecular weight excluding hydrogens is 954 g/mol. The van der Waals surface area contributed by atoms with Crippen LogP contribution in [0.25, 0.3) is 31.9 Å². The molecule has 2 aliphatic heterocycles. The quantitative estimate of drug-likeness (QED) is 0.128. The number of hydrogen-bond donors (Lipinski definition) is 0. The SMILES string of the molecule is CC(C)N1CCN(C)CCN(C(C)C)Cc2cccc(n2)C1.CC(C)N1CCN(C)CCN(C(C)C)Cc2cccc(n2)C1.[Cu+2].[Cu+2].[N-]=[N+]=[N-].[N-]=[N+]=[N-].[O-][Cl+3]([O-])([O-])[O-].[O-][Cl+3]([O-])([O-])[O-]. The minimum absolute atomic E-state index is 0. The molecule has 0 saturated heterocycles. The van der Waals surface area contributed by atoms with E-state index < -0.39 is 20.5 Å². The van der Waals surface area contributed by atoms with Crippen LogP contribution in [-0.4, -0.2) is 130 Å². The van der Waals surface area contributed by atoms with Gasteiger partial charge in [-0.3, -0.25) is 39.4 Å². The van der Waals surface area contributed by atoms with Crippen molar-refractivity contribution in [2.24, 2.45) is 0 Å². The molecule has 0 aliphatic carbocycles. The standard InChI is InChI=1S/2C18H32N4.2ClHO4.2Cu.2N3/c2*1-15(2)21-11-9-20(5)10-12-22(16(3)4)14-18-8-6-7-17(13-21)19-18;2*2-1(3,4)5;;;2*1-3-2/h2*6-8,15-16H,9-14H2,1-5H3;2*(H,2,3,4,5);;;;/q;;;;2*+2;2*-1/p-2. The summed E-state index contributed by atoms with van der Waals surface area (Å²) >= 11 is 0. The normalized spacial score (nSPS) is 16.5. The Balaban J connectivity index is -0.000000394. The first kappa shape index (κ1) is 66.6. The second-order valence-electron chi connectivity index (χ2n) is 15.0. The number of nitrogens with zero attached hydrogens (tertiary/aromatic N) is 14. The van der Waals surface area contributed by atoms with E-state index in [9.17, 15) is 0 Å². The van der Waals surface area contributed by atoms with E-state index >= 15 is 0 Å². The number of fused-ring (bicyclic) bond motifs is 4. The van der Waals surface area contributed by atoms with E-state index in [-0.39, 0.29) is 34.1 Å². The summed E-state index contributed by atoms with van der Waals surface area (Å²) in [5, 5.41) is 0. The summed E-state index contributed by atoms with van der Waals surface area (Å²) in [5.74, 6) is 0. The second-order valence-corrected chi connectivity index (χ2v) is 16.6. The summed E-state index contributed by atoms with van der Waals surface area (Å²) in [5.41, 5.74) is 31.8. The average molecular weight is 1020 g/mol. The molecule has 0 unspecified atom stereocenters. The third kappa shape index (κ3) is 38.4. The Hall–Kier alpha value is -2.02. The van der Waals surface area contributed by atoms with Crippen molar-refractivity contribution in [2.75, 3.05) is 66.5 Å². The Morgan fingerprint density at radius 3 is 0.742 bits per heavy atom. The van der Waals surface area contributed by atoms with Gasteiger partial charge in [-0.25, -0.2) is 37.3 Å². The first-order valence-electron chi connectivity index (χ1n) is 19.2. The molecule has 2 radical (unpaired) electrons. The van der Waals surface area contributed by atoms with E-state index in [0.29, 0.717) is 24.2 Å². The monoisotopic (exact) mass is 1020 g/mol. The van der Waals surface area contributed by atoms with E-state index in [1.807, 2.05) is 0 Å². The zero-order chi connectivity index (χ0) is 46.6. The number of likely N-dealkylation sites (N-methyl/N-ethyl adjacent to an activating group) is 2. The molecule has 0 aromatic carbocycles. The van der Waals surface area contributed by atoms with Gasteiger partial charge in [-0.1, -0.05) is 12.1 Å². The maximum Gasteiger partial charge on any atom is 2.00 e. The summed E-state index contributed by atoms with van der Waals surface area (Å²) < 4.78 is 67.9. The molecule has 4 bridgehead atoms. The molecule has 0 spiro atoms. The van der Waals surface area contributed by atoms with Crippen LogP contribution in [0.5, 0.6) is 0 Å².